The van der Waals surface area contributed by atoms with Crippen LogP contribution in [0.15, 0.2) is 36.5 Å². The summed E-state index contributed by atoms with van der Waals surface area (Å²) in [4.78, 5) is 10.6. The second-order valence-corrected chi connectivity index (χ2v) is 4.63. The average Bonchev–Trinajstić information content (AvgIpc) is 2.41. The summed E-state index contributed by atoms with van der Waals surface area (Å²) in [6.45, 7) is 1.73. The van der Waals surface area contributed by atoms with Crippen molar-refractivity contribution in [3.63, 3.8) is 0 Å². The highest BCUT2D eigenvalue weighted by atomic mass is 19.1. The Labute approximate surface area is 117 Å². The van der Waals surface area contributed by atoms with Gasteiger partial charge in [0.1, 0.15) is 11.6 Å². The van der Waals surface area contributed by atoms with Gasteiger partial charge in [0.2, 0.25) is 5.95 Å². The lowest BCUT2D eigenvalue weighted by Gasteiger charge is -2.11. The molecule has 0 atom stereocenters. The third kappa shape index (κ3) is 4.47. The number of hydrogen-bond acceptors (Lipinski definition) is 5. The second-order valence-electron chi connectivity index (χ2n) is 4.63. The molecule has 0 saturated heterocycles. The number of benzene rings is 1. The summed E-state index contributed by atoms with van der Waals surface area (Å²) >= 11 is 0. The van der Waals surface area contributed by atoms with E-state index in [4.69, 9.17) is 0 Å². The van der Waals surface area contributed by atoms with Crippen LogP contribution in [-0.2, 0) is 0 Å². The molecule has 0 radical (unpaired) electrons. The maximum atomic E-state index is 12.8. The largest absolute Gasteiger partial charge is 0.369 e. The van der Waals surface area contributed by atoms with Crippen molar-refractivity contribution >= 4 is 17.5 Å². The maximum Gasteiger partial charge on any atom is 0.229 e. The number of rotatable bonds is 6. The summed E-state index contributed by atoms with van der Waals surface area (Å²) in [5.74, 6) is 0.966. The lowest BCUT2D eigenvalue weighted by molar-refractivity contribution is 0.425. The third-order valence-corrected chi connectivity index (χ3v) is 2.62. The Kier molecular flexibility index (Phi) is 4.84. The molecule has 1 aromatic heterocycles. The Bertz CT molecular complexity index is 542. The van der Waals surface area contributed by atoms with Crippen LogP contribution in [0.2, 0.25) is 0 Å². The first-order valence-electron chi connectivity index (χ1n) is 6.38. The van der Waals surface area contributed by atoms with E-state index in [0.717, 1.165) is 24.6 Å². The Morgan fingerprint density at radius 1 is 1.15 bits per heavy atom. The molecular formula is C14H18FN5. The molecular weight excluding hydrogens is 257 g/mol. The van der Waals surface area contributed by atoms with Crippen molar-refractivity contribution in [2.75, 3.05) is 37.8 Å². The van der Waals surface area contributed by atoms with Crippen LogP contribution in [0.3, 0.4) is 0 Å². The van der Waals surface area contributed by atoms with Gasteiger partial charge in [-0.05, 0) is 44.4 Å². The molecule has 106 valence electrons. The van der Waals surface area contributed by atoms with Gasteiger partial charge in [-0.3, -0.25) is 0 Å². The first kappa shape index (κ1) is 14.2. The molecule has 2 aromatic rings. The normalized spacial score (nSPS) is 10.6. The Hall–Kier alpha value is -2.21. The average molecular weight is 275 g/mol. The maximum absolute atomic E-state index is 12.8. The van der Waals surface area contributed by atoms with E-state index in [1.165, 1.54) is 12.1 Å². The van der Waals surface area contributed by atoms with E-state index < -0.39 is 0 Å². The lowest BCUT2D eigenvalue weighted by atomic mass is 10.3. The van der Waals surface area contributed by atoms with Crippen LogP contribution in [0.1, 0.15) is 0 Å². The van der Waals surface area contributed by atoms with Gasteiger partial charge in [0.15, 0.2) is 0 Å². The van der Waals surface area contributed by atoms with Crippen molar-refractivity contribution in [2.24, 2.45) is 0 Å². The summed E-state index contributed by atoms with van der Waals surface area (Å²) in [5.41, 5.74) is 0.747. The predicted octanol–water partition coefficient (Wildman–Crippen LogP) is 2.33. The van der Waals surface area contributed by atoms with Crippen LogP contribution < -0.4 is 10.6 Å². The number of aromatic nitrogens is 2. The molecule has 0 unspecified atom stereocenters. The van der Waals surface area contributed by atoms with Crippen LogP contribution in [0, 0.1) is 5.82 Å². The van der Waals surface area contributed by atoms with Gasteiger partial charge in [-0.15, -0.1) is 0 Å². The van der Waals surface area contributed by atoms with Gasteiger partial charge in [0.05, 0.1) is 0 Å². The van der Waals surface area contributed by atoms with Gasteiger partial charge in [-0.2, -0.15) is 4.98 Å². The van der Waals surface area contributed by atoms with Gasteiger partial charge >= 0.3 is 0 Å². The molecule has 0 aliphatic rings. The standard InChI is InChI=1S/C14H18FN5/c1-20(2)10-9-16-13-7-8-17-14(19-13)18-12-5-3-11(15)4-6-12/h3-8H,9-10H2,1-2H3,(H2,16,17,18,19). The smallest absolute Gasteiger partial charge is 0.229 e. The quantitative estimate of drug-likeness (QED) is 0.847. The van der Waals surface area contributed by atoms with Gasteiger partial charge < -0.3 is 15.5 Å². The fraction of sp³-hybridized carbons (Fsp3) is 0.286. The summed E-state index contributed by atoms with van der Waals surface area (Å²) < 4.78 is 12.8. The van der Waals surface area contributed by atoms with E-state index in [1.54, 1.807) is 18.3 Å². The summed E-state index contributed by atoms with van der Waals surface area (Å²) in [6.07, 6.45) is 1.68. The first-order valence-corrected chi connectivity index (χ1v) is 6.38. The highest BCUT2D eigenvalue weighted by Gasteiger charge is 2.00. The molecule has 2 rings (SSSR count). The first-order chi connectivity index (χ1) is 9.63. The van der Waals surface area contributed by atoms with Gasteiger partial charge in [-0.1, -0.05) is 0 Å². The highest BCUT2D eigenvalue weighted by molar-refractivity contribution is 5.54. The zero-order chi connectivity index (χ0) is 14.4. The van der Waals surface area contributed by atoms with Crippen molar-refractivity contribution in [3.8, 4) is 0 Å². The number of halogens is 1. The van der Waals surface area contributed by atoms with Gasteiger partial charge in [-0.25, -0.2) is 9.37 Å². The molecule has 1 heterocycles. The number of nitrogens with zero attached hydrogens (tertiary/aromatic N) is 3. The van der Waals surface area contributed by atoms with Crippen molar-refractivity contribution in [1.82, 2.24) is 14.9 Å². The Balaban J connectivity index is 1.96. The monoisotopic (exact) mass is 275 g/mol. The molecule has 20 heavy (non-hydrogen) atoms. The Morgan fingerprint density at radius 3 is 2.60 bits per heavy atom. The van der Waals surface area contributed by atoms with E-state index in [9.17, 15) is 4.39 Å². The predicted molar refractivity (Wildman–Crippen MR) is 78.8 cm³/mol. The minimum atomic E-state index is -0.268. The van der Waals surface area contributed by atoms with E-state index in [0.29, 0.717) is 5.95 Å². The van der Waals surface area contributed by atoms with E-state index in [1.807, 2.05) is 20.2 Å². The highest BCUT2D eigenvalue weighted by Crippen LogP contribution is 2.14. The fourth-order valence-electron chi connectivity index (χ4n) is 1.59. The van der Waals surface area contributed by atoms with Gasteiger partial charge in [0, 0.05) is 25.0 Å². The molecule has 1 aromatic carbocycles. The molecule has 0 amide bonds. The van der Waals surface area contributed by atoms with E-state index in [-0.39, 0.29) is 5.82 Å². The van der Waals surface area contributed by atoms with Crippen molar-refractivity contribution < 1.29 is 4.39 Å². The zero-order valence-corrected chi connectivity index (χ0v) is 11.6. The second kappa shape index (κ2) is 6.81. The van der Waals surface area contributed by atoms with Crippen LogP contribution in [0.4, 0.5) is 21.8 Å². The molecule has 0 bridgehead atoms. The zero-order valence-electron chi connectivity index (χ0n) is 11.6. The summed E-state index contributed by atoms with van der Waals surface area (Å²) in [6, 6.07) is 7.88. The molecule has 5 nitrogen and oxygen atoms in total. The van der Waals surface area contributed by atoms with Crippen LogP contribution >= 0.6 is 0 Å². The molecule has 0 aliphatic heterocycles. The minimum Gasteiger partial charge on any atom is -0.369 e. The van der Waals surface area contributed by atoms with Crippen LogP contribution in [0.5, 0.6) is 0 Å². The number of anilines is 3. The van der Waals surface area contributed by atoms with E-state index in [2.05, 4.69) is 25.5 Å². The van der Waals surface area contributed by atoms with Crippen LogP contribution in [-0.4, -0.2) is 42.1 Å². The Morgan fingerprint density at radius 2 is 1.90 bits per heavy atom. The van der Waals surface area contributed by atoms with Crippen molar-refractivity contribution in [1.29, 1.82) is 0 Å². The minimum absolute atomic E-state index is 0.268. The molecule has 0 saturated carbocycles. The molecule has 0 aliphatic carbocycles. The number of likely N-dealkylation sites (N-methyl/N-ethyl adjacent to an activating group) is 1. The van der Waals surface area contributed by atoms with Crippen molar-refractivity contribution in [2.45, 2.75) is 0 Å². The number of hydrogen-bond donors (Lipinski definition) is 2. The molecule has 2 N–H and O–H groups in total. The van der Waals surface area contributed by atoms with E-state index >= 15 is 0 Å². The molecule has 0 fully saturated rings. The van der Waals surface area contributed by atoms with Gasteiger partial charge in [0.25, 0.3) is 0 Å². The SMILES string of the molecule is CN(C)CCNc1ccnc(Nc2ccc(F)cc2)n1. The summed E-state index contributed by atoms with van der Waals surface area (Å²) in [7, 11) is 4.03. The number of nitrogens with one attached hydrogen (secondary N) is 2. The molecule has 0 spiro atoms. The third-order valence-electron chi connectivity index (χ3n) is 2.62. The fourth-order valence-corrected chi connectivity index (χ4v) is 1.59. The topological polar surface area (TPSA) is 53.1 Å². The summed E-state index contributed by atoms with van der Waals surface area (Å²) in [5, 5.41) is 6.25. The van der Waals surface area contributed by atoms with Crippen molar-refractivity contribution in [3.05, 3.63) is 42.3 Å². The lowest BCUT2D eigenvalue weighted by Crippen LogP contribution is -2.21. The van der Waals surface area contributed by atoms with Crippen LogP contribution in [0.25, 0.3) is 0 Å². The molecule has 6 heteroatoms.